The van der Waals surface area contributed by atoms with Gasteiger partial charge >= 0.3 is 6.03 Å². The first-order chi connectivity index (χ1) is 11.0. The molecule has 2 aliphatic heterocycles. The summed E-state index contributed by atoms with van der Waals surface area (Å²) < 4.78 is 5.66. The molecule has 0 aromatic heterocycles. The molecule has 1 unspecified atom stereocenters. The minimum Gasteiger partial charge on any atom is -0.372 e. The molecule has 0 aliphatic carbocycles. The Kier molecular flexibility index (Phi) is 4.76. The fourth-order valence-electron chi connectivity index (χ4n) is 3.41. The quantitative estimate of drug-likeness (QED) is 0.930. The molecule has 0 bridgehead atoms. The molecular formula is C18H27N3O2. The number of hydrogen-bond acceptors (Lipinski definition) is 3. The van der Waals surface area contributed by atoms with Crippen molar-refractivity contribution in [2.24, 2.45) is 5.92 Å². The summed E-state index contributed by atoms with van der Waals surface area (Å²) in [4.78, 5) is 16.6. The molecule has 1 aromatic carbocycles. The zero-order chi connectivity index (χ0) is 16.3. The summed E-state index contributed by atoms with van der Waals surface area (Å²) in [6, 6.07) is 10.5. The van der Waals surface area contributed by atoms with Crippen LogP contribution in [0.2, 0.25) is 0 Å². The van der Waals surface area contributed by atoms with Crippen molar-refractivity contribution in [3.63, 3.8) is 0 Å². The van der Waals surface area contributed by atoms with E-state index in [4.69, 9.17) is 4.74 Å². The molecule has 1 N–H and O–H groups in total. The smallest absolute Gasteiger partial charge is 0.317 e. The molecule has 0 radical (unpaired) electrons. The predicted octanol–water partition coefficient (Wildman–Crippen LogP) is 2.33. The maximum Gasteiger partial charge on any atom is 0.317 e. The highest BCUT2D eigenvalue weighted by molar-refractivity contribution is 5.74. The molecule has 23 heavy (non-hydrogen) atoms. The second kappa shape index (κ2) is 6.79. The molecule has 0 spiro atoms. The summed E-state index contributed by atoms with van der Waals surface area (Å²) >= 11 is 0. The van der Waals surface area contributed by atoms with Gasteiger partial charge in [-0.05, 0) is 38.3 Å². The van der Waals surface area contributed by atoms with Gasteiger partial charge in [-0.15, -0.1) is 0 Å². The minimum absolute atomic E-state index is 0.0412. The van der Waals surface area contributed by atoms with Gasteiger partial charge in [0.15, 0.2) is 0 Å². The van der Waals surface area contributed by atoms with E-state index >= 15 is 0 Å². The molecule has 5 heteroatoms. The Morgan fingerprint density at radius 3 is 2.83 bits per heavy atom. The van der Waals surface area contributed by atoms with Crippen LogP contribution in [0.1, 0.15) is 20.3 Å². The van der Waals surface area contributed by atoms with Gasteiger partial charge in [0, 0.05) is 31.9 Å². The van der Waals surface area contributed by atoms with Gasteiger partial charge < -0.3 is 19.9 Å². The van der Waals surface area contributed by atoms with Gasteiger partial charge in [0.25, 0.3) is 0 Å². The maximum atomic E-state index is 12.3. The highest BCUT2D eigenvalue weighted by Crippen LogP contribution is 2.23. The summed E-state index contributed by atoms with van der Waals surface area (Å²) in [5.74, 6) is 0.521. The summed E-state index contributed by atoms with van der Waals surface area (Å²) in [6.45, 7) is 8.83. The van der Waals surface area contributed by atoms with Crippen LogP contribution in [-0.2, 0) is 4.74 Å². The molecule has 2 fully saturated rings. The van der Waals surface area contributed by atoms with E-state index in [1.807, 2.05) is 24.8 Å². The van der Waals surface area contributed by atoms with Crippen LogP contribution in [0.4, 0.5) is 10.5 Å². The Balaban J connectivity index is 1.45. The van der Waals surface area contributed by atoms with Crippen molar-refractivity contribution >= 4 is 11.7 Å². The van der Waals surface area contributed by atoms with Gasteiger partial charge in [-0.1, -0.05) is 18.2 Å². The van der Waals surface area contributed by atoms with Crippen LogP contribution in [0.5, 0.6) is 0 Å². The number of amides is 2. The van der Waals surface area contributed by atoms with Crippen molar-refractivity contribution in [2.75, 3.05) is 44.2 Å². The number of carbonyl (C=O) groups is 1. The largest absolute Gasteiger partial charge is 0.372 e. The van der Waals surface area contributed by atoms with Gasteiger partial charge in [-0.3, -0.25) is 0 Å². The Labute approximate surface area is 138 Å². The molecular weight excluding hydrogens is 290 g/mol. The fraction of sp³-hybridized carbons (Fsp3) is 0.611. The number of nitrogens with zero attached hydrogens (tertiary/aromatic N) is 2. The van der Waals surface area contributed by atoms with Crippen LogP contribution in [0.25, 0.3) is 0 Å². The SMILES string of the molecule is CC1(C)CN(C(=O)NCC2CCN(c3ccccc3)C2)CCO1. The predicted molar refractivity (Wildman–Crippen MR) is 91.8 cm³/mol. The highest BCUT2D eigenvalue weighted by Gasteiger charge is 2.30. The van der Waals surface area contributed by atoms with Gasteiger partial charge in [-0.2, -0.15) is 0 Å². The Bertz CT molecular complexity index is 532. The summed E-state index contributed by atoms with van der Waals surface area (Å²) in [7, 11) is 0. The van der Waals surface area contributed by atoms with Crippen LogP contribution in [0, 0.1) is 5.92 Å². The number of carbonyl (C=O) groups excluding carboxylic acids is 1. The molecule has 2 saturated heterocycles. The number of benzene rings is 1. The normalized spacial score (nSPS) is 23.8. The average Bonchev–Trinajstić information content (AvgIpc) is 3.01. The zero-order valence-electron chi connectivity index (χ0n) is 14.1. The first-order valence-electron chi connectivity index (χ1n) is 8.50. The topological polar surface area (TPSA) is 44.8 Å². The van der Waals surface area contributed by atoms with Gasteiger partial charge in [0.2, 0.25) is 0 Å². The third-order valence-corrected chi connectivity index (χ3v) is 4.66. The van der Waals surface area contributed by atoms with E-state index in [1.54, 1.807) is 0 Å². The Morgan fingerprint density at radius 1 is 1.30 bits per heavy atom. The van der Waals surface area contributed by atoms with E-state index in [9.17, 15) is 4.79 Å². The molecule has 126 valence electrons. The molecule has 1 aromatic rings. The Morgan fingerprint density at radius 2 is 2.09 bits per heavy atom. The number of nitrogens with one attached hydrogen (secondary N) is 1. The second-order valence-corrected chi connectivity index (χ2v) is 7.15. The number of para-hydroxylation sites is 1. The van der Waals surface area contributed by atoms with E-state index in [1.165, 1.54) is 5.69 Å². The number of morpholine rings is 1. The van der Waals surface area contributed by atoms with Gasteiger partial charge in [0.1, 0.15) is 0 Å². The van der Waals surface area contributed by atoms with Gasteiger partial charge in [0.05, 0.1) is 18.8 Å². The van der Waals surface area contributed by atoms with Gasteiger partial charge in [-0.25, -0.2) is 4.79 Å². The summed E-state index contributed by atoms with van der Waals surface area (Å²) in [6.07, 6.45) is 1.13. The lowest BCUT2D eigenvalue weighted by Gasteiger charge is -2.38. The average molecular weight is 317 g/mol. The van der Waals surface area contributed by atoms with E-state index in [0.29, 0.717) is 25.6 Å². The summed E-state index contributed by atoms with van der Waals surface area (Å²) in [5, 5.41) is 3.11. The molecule has 1 atom stereocenters. The third kappa shape index (κ3) is 4.16. The van der Waals surface area contributed by atoms with Crippen LogP contribution in [0.15, 0.2) is 30.3 Å². The van der Waals surface area contributed by atoms with Crippen molar-refractivity contribution < 1.29 is 9.53 Å². The first kappa shape index (κ1) is 16.1. The van der Waals surface area contributed by atoms with Crippen LogP contribution >= 0.6 is 0 Å². The lowest BCUT2D eigenvalue weighted by Crippen LogP contribution is -2.54. The molecule has 5 nitrogen and oxygen atoms in total. The zero-order valence-corrected chi connectivity index (χ0v) is 14.1. The fourth-order valence-corrected chi connectivity index (χ4v) is 3.41. The number of rotatable bonds is 3. The number of urea groups is 1. The summed E-state index contributed by atoms with van der Waals surface area (Å²) in [5.41, 5.74) is 1.03. The molecule has 0 saturated carbocycles. The van der Waals surface area contributed by atoms with Crippen molar-refractivity contribution in [1.82, 2.24) is 10.2 Å². The third-order valence-electron chi connectivity index (χ3n) is 4.66. The highest BCUT2D eigenvalue weighted by atomic mass is 16.5. The monoisotopic (exact) mass is 317 g/mol. The minimum atomic E-state index is -0.243. The van der Waals surface area contributed by atoms with Crippen LogP contribution in [-0.4, -0.2) is 55.9 Å². The number of ether oxygens (including phenoxy) is 1. The molecule has 2 aliphatic rings. The maximum absolute atomic E-state index is 12.3. The van der Waals surface area contributed by atoms with Crippen LogP contribution < -0.4 is 10.2 Å². The van der Waals surface area contributed by atoms with E-state index in [-0.39, 0.29) is 11.6 Å². The van der Waals surface area contributed by atoms with Crippen molar-refractivity contribution in [3.05, 3.63) is 30.3 Å². The molecule has 3 rings (SSSR count). The molecule has 2 amide bonds. The van der Waals surface area contributed by atoms with Crippen LogP contribution in [0.3, 0.4) is 0 Å². The lowest BCUT2D eigenvalue weighted by atomic mass is 10.1. The van der Waals surface area contributed by atoms with E-state index < -0.39 is 0 Å². The standard InChI is InChI=1S/C18H27N3O2/c1-18(2)14-21(10-11-23-18)17(22)19-12-15-8-9-20(13-15)16-6-4-3-5-7-16/h3-7,15H,8-14H2,1-2H3,(H,19,22). The Hall–Kier alpha value is -1.75. The number of anilines is 1. The first-order valence-corrected chi connectivity index (χ1v) is 8.50. The van der Waals surface area contributed by atoms with Crippen molar-refractivity contribution in [1.29, 1.82) is 0 Å². The number of hydrogen-bond donors (Lipinski definition) is 1. The van der Waals surface area contributed by atoms with Crippen molar-refractivity contribution in [3.8, 4) is 0 Å². The second-order valence-electron chi connectivity index (χ2n) is 7.15. The van der Waals surface area contributed by atoms with Crippen molar-refractivity contribution in [2.45, 2.75) is 25.9 Å². The van der Waals surface area contributed by atoms with E-state index in [0.717, 1.165) is 26.1 Å². The van der Waals surface area contributed by atoms with E-state index in [2.05, 4.69) is 34.5 Å². The molecule has 2 heterocycles. The lowest BCUT2D eigenvalue weighted by molar-refractivity contribution is -0.0733.